The number of hydrogen-bond donors (Lipinski definition) is 3. The van der Waals surface area contributed by atoms with E-state index in [1.165, 1.54) is 12.1 Å². The van der Waals surface area contributed by atoms with Gasteiger partial charge >= 0.3 is 0 Å². The van der Waals surface area contributed by atoms with Gasteiger partial charge in [0.25, 0.3) is 5.69 Å². The molecule has 170 valence electrons. The van der Waals surface area contributed by atoms with Crippen molar-refractivity contribution >= 4 is 47.0 Å². The molecule has 0 fully saturated rings. The first-order valence-electron chi connectivity index (χ1n) is 10.2. The zero-order chi connectivity index (χ0) is 23.8. The first-order chi connectivity index (χ1) is 16.5. The van der Waals surface area contributed by atoms with Crippen molar-refractivity contribution in [3.8, 4) is 0 Å². The predicted octanol–water partition coefficient (Wildman–Crippen LogP) is 5.23. The molecule has 0 aliphatic heterocycles. The smallest absolute Gasteiger partial charge is 0.269 e. The molecule has 0 amide bonds. The van der Waals surface area contributed by atoms with Crippen LogP contribution in [0.5, 0.6) is 0 Å². The molecule has 0 spiro atoms. The number of halogens is 1. The second-order valence-corrected chi connectivity index (χ2v) is 7.43. The largest absolute Gasteiger partial charge is 0.350 e. The van der Waals surface area contributed by atoms with E-state index in [0.717, 1.165) is 11.1 Å². The molecule has 0 bridgehead atoms. The summed E-state index contributed by atoms with van der Waals surface area (Å²) in [7, 11) is 0. The van der Waals surface area contributed by atoms with Crippen molar-refractivity contribution in [1.82, 2.24) is 15.0 Å². The van der Waals surface area contributed by atoms with Crippen LogP contribution in [0.15, 0.2) is 84.0 Å². The molecule has 11 heteroatoms. The van der Waals surface area contributed by atoms with Gasteiger partial charge in [0.1, 0.15) is 0 Å². The number of benzene rings is 3. The van der Waals surface area contributed by atoms with Crippen LogP contribution in [0.1, 0.15) is 11.1 Å². The molecule has 34 heavy (non-hydrogen) atoms. The van der Waals surface area contributed by atoms with Crippen LogP contribution >= 0.6 is 11.6 Å². The highest BCUT2D eigenvalue weighted by atomic mass is 35.5. The van der Waals surface area contributed by atoms with E-state index in [2.05, 4.69) is 36.1 Å². The Morgan fingerprint density at radius 1 is 0.882 bits per heavy atom. The Labute approximate surface area is 199 Å². The van der Waals surface area contributed by atoms with Crippen molar-refractivity contribution in [3.05, 3.63) is 105 Å². The number of rotatable bonds is 9. The standard InChI is InChI=1S/C23H19ClN8O2/c24-18-8-6-17(7-9-18)15-26-31-23-29-21(25-14-16-4-2-1-3-5-16)28-22(30-23)27-19-10-12-20(13-11-19)32(33)34/h1-13,15H,14H2,(H3,25,27,28,29,30,31)/b26-15-. The SMILES string of the molecule is O=[N+]([O-])c1ccc(Nc2nc(NCc3ccccc3)nc(N/N=C\c3ccc(Cl)cc3)n2)cc1. The molecule has 10 nitrogen and oxygen atoms in total. The predicted molar refractivity (Wildman–Crippen MR) is 133 cm³/mol. The highest BCUT2D eigenvalue weighted by molar-refractivity contribution is 6.30. The van der Waals surface area contributed by atoms with Crippen molar-refractivity contribution < 1.29 is 4.92 Å². The normalized spacial score (nSPS) is 10.7. The van der Waals surface area contributed by atoms with Gasteiger partial charge in [0.05, 0.1) is 11.1 Å². The Morgan fingerprint density at radius 3 is 2.26 bits per heavy atom. The van der Waals surface area contributed by atoms with Gasteiger partial charge in [0.15, 0.2) is 0 Å². The molecule has 0 saturated heterocycles. The molecule has 4 rings (SSSR count). The number of hydrogen-bond acceptors (Lipinski definition) is 9. The number of nitro benzene ring substituents is 1. The molecule has 0 aliphatic rings. The summed E-state index contributed by atoms with van der Waals surface area (Å²) >= 11 is 5.91. The summed E-state index contributed by atoms with van der Waals surface area (Å²) in [6.45, 7) is 0.509. The number of aromatic nitrogens is 3. The molecule has 3 aromatic carbocycles. The summed E-state index contributed by atoms with van der Waals surface area (Å²) in [5, 5.41) is 21.9. The number of anilines is 4. The van der Waals surface area contributed by atoms with Crippen LogP contribution < -0.4 is 16.1 Å². The number of hydrazone groups is 1. The average molecular weight is 475 g/mol. The first kappa shape index (κ1) is 22.6. The van der Waals surface area contributed by atoms with Crippen molar-refractivity contribution in [2.45, 2.75) is 6.54 Å². The van der Waals surface area contributed by atoms with Gasteiger partial charge < -0.3 is 10.6 Å². The number of non-ortho nitro benzene ring substituents is 1. The van der Waals surface area contributed by atoms with Crippen LogP contribution in [0.3, 0.4) is 0 Å². The lowest BCUT2D eigenvalue weighted by atomic mass is 10.2. The maximum Gasteiger partial charge on any atom is 0.269 e. The van der Waals surface area contributed by atoms with Crippen LogP contribution in [0, 0.1) is 10.1 Å². The Bertz CT molecular complexity index is 1280. The Balaban J connectivity index is 1.53. The summed E-state index contributed by atoms with van der Waals surface area (Å²) < 4.78 is 0. The van der Waals surface area contributed by atoms with Crippen molar-refractivity contribution in [2.24, 2.45) is 5.10 Å². The van der Waals surface area contributed by atoms with Gasteiger partial charge in [-0.05, 0) is 35.4 Å². The lowest BCUT2D eigenvalue weighted by molar-refractivity contribution is -0.384. The van der Waals surface area contributed by atoms with Crippen LogP contribution in [0.4, 0.5) is 29.2 Å². The van der Waals surface area contributed by atoms with E-state index in [1.54, 1.807) is 30.5 Å². The van der Waals surface area contributed by atoms with E-state index < -0.39 is 4.92 Å². The van der Waals surface area contributed by atoms with Crippen molar-refractivity contribution in [3.63, 3.8) is 0 Å². The average Bonchev–Trinajstić information content (AvgIpc) is 2.85. The van der Waals surface area contributed by atoms with Crippen LogP contribution in [0.25, 0.3) is 0 Å². The fourth-order valence-electron chi connectivity index (χ4n) is 2.85. The zero-order valence-electron chi connectivity index (χ0n) is 17.7. The number of nitro groups is 1. The van der Waals surface area contributed by atoms with E-state index in [0.29, 0.717) is 23.2 Å². The lowest BCUT2D eigenvalue weighted by Gasteiger charge is -2.10. The van der Waals surface area contributed by atoms with E-state index in [9.17, 15) is 10.1 Å². The second kappa shape index (κ2) is 10.8. The van der Waals surface area contributed by atoms with Gasteiger partial charge in [-0.2, -0.15) is 20.1 Å². The molecular weight excluding hydrogens is 456 g/mol. The molecule has 0 radical (unpaired) electrons. The Kier molecular flexibility index (Phi) is 7.21. The summed E-state index contributed by atoms with van der Waals surface area (Å²) in [4.78, 5) is 23.5. The molecule has 4 aromatic rings. The third-order valence-electron chi connectivity index (χ3n) is 4.51. The molecule has 0 saturated carbocycles. The third-order valence-corrected chi connectivity index (χ3v) is 4.76. The molecular formula is C23H19ClN8O2. The topological polar surface area (TPSA) is 130 Å². The minimum atomic E-state index is -0.459. The highest BCUT2D eigenvalue weighted by Gasteiger charge is 2.09. The third kappa shape index (κ3) is 6.47. The number of nitrogens with zero attached hydrogens (tertiary/aromatic N) is 5. The second-order valence-electron chi connectivity index (χ2n) is 7.00. The van der Waals surface area contributed by atoms with E-state index in [4.69, 9.17) is 11.6 Å². The van der Waals surface area contributed by atoms with Gasteiger partial charge in [0.2, 0.25) is 17.8 Å². The lowest BCUT2D eigenvalue weighted by Crippen LogP contribution is -2.09. The minimum absolute atomic E-state index is 0.00898. The fourth-order valence-corrected chi connectivity index (χ4v) is 2.97. The maximum absolute atomic E-state index is 10.9. The highest BCUT2D eigenvalue weighted by Crippen LogP contribution is 2.20. The quantitative estimate of drug-likeness (QED) is 0.171. The van der Waals surface area contributed by atoms with Gasteiger partial charge in [-0.25, -0.2) is 5.43 Å². The number of nitrogens with one attached hydrogen (secondary N) is 3. The minimum Gasteiger partial charge on any atom is -0.350 e. The van der Waals surface area contributed by atoms with Crippen molar-refractivity contribution in [1.29, 1.82) is 0 Å². The summed E-state index contributed by atoms with van der Waals surface area (Å²) in [5.74, 6) is 0.774. The van der Waals surface area contributed by atoms with Crippen molar-refractivity contribution in [2.75, 3.05) is 16.1 Å². The van der Waals surface area contributed by atoms with Crippen LogP contribution in [-0.4, -0.2) is 26.1 Å². The van der Waals surface area contributed by atoms with Crippen LogP contribution in [0.2, 0.25) is 5.02 Å². The molecule has 3 N–H and O–H groups in total. The molecule has 0 unspecified atom stereocenters. The molecule has 1 aromatic heterocycles. The first-order valence-corrected chi connectivity index (χ1v) is 10.5. The maximum atomic E-state index is 10.9. The van der Waals surface area contributed by atoms with E-state index >= 15 is 0 Å². The fraction of sp³-hybridized carbons (Fsp3) is 0.0435. The van der Waals surface area contributed by atoms with Crippen LogP contribution in [-0.2, 0) is 6.54 Å². The van der Waals surface area contributed by atoms with Gasteiger partial charge in [-0.1, -0.05) is 54.1 Å². The monoisotopic (exact) mass is 474 g/mol. The molecule has 0 aliphatic carbocycles. The van der Waals surface area contributed by atoms with Gasteiger partial charge in [-0.15, -0.1) is 0 Å². The van der Waals surface area contributed by atoms with Gasteiger partial charge in [-0.3, -0.25) is 10.1 Å². The summed E-state index contributed by atoms with van der Waals surface area (Å²) in [5.41, 5.74) is 5.28. The molecule has 1 heterocycles. The van der Waals surface area contributed by atoms with E-state index in [-0.39, 0.29) is 17.6 Å². The van der Waals surface area contributed by atoms with E-state index in [1.807, 2.05) is 42.5 Å². The summed E-state index contributed by atoms with van der Waals surface area (Å²) in [6.07, 6.45) is 1.61. The molecule has 0 atom stereocenters. The zero-order valence-corrected chi connectivity index (χ0v) is 18.5. The van der Waals surface area contributed by atoms with Gasteiger partial charge in [0, 0.05) is 29.4 Å². The Morgan fingerprint density at radius 2 is 1.56 bits per heavy atom. The summed E-state index contributed by atoms with van der Waals surface area (Å²) in [6, 6.07) is 22.9. The Hall–Kier alpha value is -4.57.